The van der Waals surface area contributed by atoms with Crippen LogP contribution in [0.3, 0.4) is 0 Å². The van der Waals surface area contributed by atoms with Gasteiger partial charge >= 0.3 is 0 Å². The van der Waals surface area contributed by atoms with Gasteiger partial charge in [-0.1, -0.05) is 0 Å². The average molecular weight is 367 g/mol. The van der Waals surface area contributed by atoms with Gasteiger partial charge in [0.25, 0.3) is 0 Å². The highest BCUT2D eigenvalue weighted by molar-refractivity contribution is 5.56. The maximum Gasteiger partial charge on any atom is 0.231 e. The third-order valence-corrected chi connectivity index (χ3v) is 6.14. The first kappa shape index (κ1) is 16.8. The fourth-order valence-electron chi connectivity index (χ4n) is 5.02. The Hall–Kier alpha value is -2.40. The number of hydrogen-bond donors (Lipinski definition) is 0. The molecule has 0 saturated heterocycles. The van der Waals surface area contributed by atoms with Gasteiger partial charge in [-0.3, -0.25) is 4.90 Å². The number of rotatable bonds is 3. The van der Waals surface area contributed by atoms with Crippen LogP contribution in [0.2, 0.25) is 0 Å². The van der Waals surface area contributed by atoms with Crippen molar-refractivity contribution in [1.29, 1.82) is 0 Å². The van der Waals surface area contributed by atoms with E-state index in [4.69, 9.17) is 18.9 Å². The summed E-state index contributed by atoms with van der Waals surface area (Å²) in [6.45, 7) is 4.88. The second kappa shape index (κ2) is 6.06. The van der Waals surface area contributed by atoms with Crippen molar-refractivity contribution in [2.24, 2.45) is 0 Å². The molecule has 3 aliphatic heterocycles. The Labute approximate surface area is 159 Å². The maximum atomic E-state index is 5.66. The van der Waals surface area contributed by atoms with Gasteiger partial charge in [0.15, 0.2) is 23.0 Å². The number of nitrogens with zero attached hydrogens (tertiary/aromatic N) is 1. The Morgan fingerprint density at radius 2 is 1.41 bits per heavy atom. The summed E-state index contributed by atoms with van der Waals surface area (Å²) < 4.78 is 22.4. The molecule has 0 fully saturated rings. The lowest BCUT2D eigenvalue weighted by molar-refractivity contribution is 0.0661. The van der Waals surface area contributed by atoms with Crippen LogP contribution in [0.25, 0.3) is 0 Å². The molecule has 142 valence electrons. The van der Waals surface area contributed by atoms with Crippen molar-refractivity contribution in [2.45, 2.75) is 44.8 Å². The summed E-state index contributed by atoms with van der Waals surface area (Å²) >= 11 is 0. The maximum absolute atomic E-state index is 5.66. The van der Waals surface area contributed by atoms with Gasteiger partial charge in [0.05, 0.1) is 14.2 Å². The molecule has 2 aromatic carbocycles. The Morgan fingerprint density at radius 1 is 0.852 bits per heavy atom. The van der Waals surface area contributed by atoms with Crippen molar-refractivity contribution in [3.05, 3.63) is 46.5 Å². The lowest BCUT2D eigenvalue weighted by atomic mass is 9.75. The van der Waals surface area contributed by atoms with Gasteiger partial charge in [-0.05, 0) is 73.2 Å². The number of hydrogen-bond acceptors (Lipinski definition) is 5. The minimum Gasteiger partial charge on any atom is -0.493 e. The molecule has 0 amide bonds. The molecular weight excluding hydrogens is 342 g/mol. The zero-order valence-electron chi connectivity index (χ0n) is 16.2. The SMILES string of the molecule is COc1cc2c(cc1OC)C1Cc3cc4c(cc3C(C2)N1C(C)C)OCO4. The third-order valence-electron chi connectivity index (χ3n) is 6.14. The molecule has 0 spiro atoms. The Bertz CT molecular complexity index is 908. The van der Waals surface area contributed by atoms with Crippen molar-refractivity contribution < 1.29 is 18.9 Å². The van der Waals surface area contributed by atoms with E-state index < -0.39 is 0 Å². The molecule has 3 heterocycles. The molecule has 5 heteroatoms. The highest BCUT2D eigenvalue weighted by atomic mass is 16.7. The van der Waals surface area contributed by atoms with E-state index in [9.17, 15) is 0 Å². The minimum atomic E-state index is 0.314. The van der Waals surface area contributed by atoms with Crippen LogP contribution in [-0.4, -0.2) is 32.0 Å². The number of methoxy groups -OCH3 is 2. The molecule has 27 heavy (non-hydrogen) atoms. The van der Waals surface area contributed by atoms with Gasteiger partial charge in [0, 0.05) is 18.1 Å². The topological polar surface area (TPSA) is 40.2 Å². The Balaban J connectivity index is 1.67. The quantitative estimate of drug-likeness (QED) is 0.819. The molecule has 5 rings (SSSR count). The molecular formula is C22H25NO4. The lowest BCUT2D eigenvalue weighted by Crippen LogP contribution is -2.46. The van der Waals surface area contributed by atoms with Crippen LogP contribution in [-0.2, 0) is 12.8 Å². The average Bonchev–Trinajstić information content (AvgIpc) is 3.12. The highest BCUT2D eigenvalue weighted by Crippen LogP contribution is 2.52. The summed E-state index contributed by atoms with van der Waals surface area (Å²) in [5.41, 5.74) is 5.43. The van der Waals surface area contributed by atoms with E-state index in [2.05, 4.69) is 43.0 Å². The predicted octanol–water partition coefficient (Wildman–Crippen LogP) is 4.04. The smallest absolute Gasteiger partial charge is 0.231 e. The molecule has 2 bridgehead atoms. The number of benzene rings is 2. The summed E-state index contributed by atoms with van der Waals surface area (Å²) in [6, 6.07) is 9.80. The van der Waals surface area contributed by atoms with Crippen molar-refractivity contribution in [2.75, 3.05) is 21.0 Å². The molecule has 2 unspecified atom stereocenters. The summed E-state index contributed by atoms with van der Waals surface area (Å²) in [7, 11) is 3.40. The zero-order chi connectivity index (χ0) is 18.7. The van der Waals surface area contributed by atoms with Crippen LogP contribution in [0.4, 0.5) is 0 Å². The van der Waals surface area contributed by atoms with Crippen LogP contribution >= 0.6 is 0 Å². The van der Waals surface area contributed by atoms with E-state index in [1.54, 1.807) is 14.2 Å². The van der Waals surface area contributed by atoms with Gasteiger partial charge in [-0.15, -0.1) is 0 Å². The van der Waals surface area contributed by atoms with Crippen LogP contribution in [0.1, 0.15) is 48.2 Å². The summed E-state index contributed by atoms with van der Waals surface area (Å²) in [6.07, 6.45) is 1.92. The molecule has 2 aromatic rings. The van der Waals surface area contributed by atoms with E-state index in [0.29, 0.717) is 24.9 Å². The number of fused-ring (bicyclic) bond motifs is 7. The largest absolute Gasteiger partial charge is 0.493 e. The lowest BCUT2D eigenvalue weighted by Gasteiger charge is -2.50. The van der Waals surface area contributed by atoms with E-state index in [0.717, 1.165) is 35.8 Å². The first-order valence-corrected chi connectivity index (χ1v) is 9.55. The predicted molar refractivity (Wildman–Crippen MR) is 102 cm³/mol. The fourth-order valence-corrected chi connectivity index (χ4v) is 5.02. The summed E-state index contributed by atoms with van der Waals surface area (Å²) in [4.78, 5) is 2.64. The molecule has 0 N–H and O–H groups in total. The zero-order valence-corrected chi connectivity index (χ0v) is 16.2. The standard InChI is InChI=1S/C22H25NO4/c1-12(2)23-17-6-14-8-21-22(27-11-26-21)10-16(14)18(23)5-13-7-19(24-3)20(25-4)9-15(13)17/h7-10,12,17-18H,5-6,11H2,1-4H3. The van der Waals surface area contributed by atoms with Crippen molar-refractivity contribution in [3.63, 3.8) is 0 Å². The van der Waals surface area contributed by atoms with E-state index in [1.807, 2.05) is 0 Å². The highest BCUT2D eigenvalue weighted by Gasteiger charge is 2.42. The van der Waals surface area contributed by atoms with Gasteiger partial charge < -0.3 is 18.9 Å². The molecule has 5 nitrogen and oxygen atoms in total. The van der Waals surface area contributed by atoms with Gasteiger partial charge in [-0.25, -0.2) is 0 Å². The van der Waals surface area contributed by atoms with Crippen LogP contribution < -0.4 is 18.9 Å². The van der Waals surface area contributed by atoms with E-state index >= 15 is 0 Å². The second-order valence-corrected chi connectivity index (χ2v) is 7.79. The van der Waals surface area contributed by atoms with Gasteiger partial charge in [-0.2, -0.15) is 0 Å². The van der Waals surface area contributed by atoms with E-state index in [-0.39, 0.29) is 0 Å². The van der Waals surface area contributed by atoms with Crippen LogP contribution in [0.15, 0.2) is 24.3 Å². The molecule has 0 aromatic heterocycles. The molecule has 0 radical (unpaired) electrons. The van der Waals surface area contributed by atoms with Crippen molar-refractivity contribution in [1.82, 2.24) is 4.90 Å². The summed E-state index contributed by atoms with van der Waals surface area (Å²) in [5.74, 6) is 3.35. The monoisotopic (exact) mass is 367 g/mol. The van der Waals surface area contributed by atoms with Gasteiger partial charge in [0.1, 0.15) is 0 Å². The summed E-state index contributed by atoms with van der Waals surface area (Å²) in [5, 5.41) is 0. The molecule has 0 aliphatic carbocycles. The Kier molecular flexibility index (Phi) is 3.76. The van der Waals surface area contributed by atoms with Gasteiger partial charge in [0.2, 0.25) is 6.79 Å². The van der Waals surface area contributed by atoms with E-state index in [1.165, 1.54) is 22.3 Å². The Morgan fingerprint density at radius 3 is 2.04 bits per heavy atom. The minimum absolute atomic E-state index is 0.314. The van der Waals surface area contributed by atoms with Crippen LogP contribution in [0.5, 0.6) is 23.0 Å². The fraction of sp³-hybridized carbons (Fsp3) is 0.455. The normalized spacial score (nSPS) is 22.4. The van der Waals surface area contributed by atoms with Crippen molar-refractivity contribution >= 4 is 0 Å². The molecule has 0 saturated carbocycles. The number of ether oxygens (including phenoxy) is 4. The second-order valence-electron chi connectivity index (χ2n) is 7.79. The molecule has 3 aliphatic rings. The van der Waals surface area contributed by atoms with Crippen molar-refractivity contribution in [3.8, 4) is 23.0 Å². The van der Waals surface area contributed by atoms with Crippen LogP contribution in [0, 0.1) is 0 Å². The first-order valence-electron chi connectivity index (χ1n) is 9.55. The third kappa shape index (κ3) is 2.41. The first-order chi connectivity index (χ1) is 13.1. The molecule has 2 atom stereocenters.